The highest BCUT2D eigenvalue weighted by Gasteiger charge is 2.19. The van der Waals surface area contributed by atoms with Gasteiger partial charge in [-0.25, -0.2) is 9.78 Å². The zero-order valence-corrected chi connectivity index (χ0v) is 42.7. The minimum atomic E-state index is 0.287. The van der Waals surface area contributed by atoms with Crippen LogP contribution in [0.3, 0.4) is 0 Å². The lowest BCUT2D eigenvalue weighted by Crippen LogP contribution is -2.36. The molecule has 0 heterocycles. The molecule has 5 nitrogen and oxygen atoms in total. The van der Waals surface area contributed by atoms with Gasteiger partial charge in [-0.3, -0.25) is 0 Å². The van der Waals surface area contributed by atoms with Gasteiger partial charge in [-0.05, 0) is 90.6 Å². The third-order valence-corrected chi connectivity index (χ3v) is 13.1. The number of nitrogens with zero attached hydrogens (tertiary/aromatic N) is 1. The van der Waals surface area contributed by atoms with Crippen LogP contribution in [0.25, 0.3) is 0 Å². The molecule has 0 rings (SSSR count). The van der Waals surface area contributed by atoms with Gasteiger partial charge in [0.15, 0.2) is 0 Å². The molecule has 0 fully saturated rings. The first-order chi connectivity index (χ1) is 30.0. The minimum absolute atomic E-state index is 0.287. The molecule has 0 radical (unpaired) electrons. The maximum absolute atomic E-state index is 6.38. The molecule has 2 atom stereocenters. The third kappa shape index (κ3) is 40.2. The molecule has 0 aromatic carbocycles. The summed E-state index contributed by atoms with van der Waals surface area (Å²) in [6.45, 7) is 23.5. The summed E-state index contributed by atoms with van der Waals surface area (Å²) >= 11 is 0. The standard InChI is InChI=1S/C56H112N2O3/c1-9-14-19-27-33-41-52(6)58(50-40-49-57-8)54(44-36-30-25-24-28-34-42-53(7)60-55(45-18-13-5)46-32-17-12-4)43-35-29-23-22-26-31-39-51-59-61-56(47-37-20-15-10-2)48-38-21-16-11-3/h54-57H,6-7,9-51H2,1-5,8H3. The zero-order chi connectivity index (χ0) is 44.7. The Balaban J connectivity index is 4.80. The molecule has 61 heavy (non-hydrogen) atoms. The van der Waals surface area contributed by atoms with Gasteiger partial charge in [0.05, 0.1) is 24.6 Å². The third-order valence-electron chi connectivity index (χ3n) is 13.1. The highest BCUT2D eigenvalue weighted by Crippen LogP contribution is 2.26. The quantitative estimate of drug-likeness (QED) is 0.0286. The summed E-state index contributed by atoms with van der Waals surface area (Å²) in [6.07, 6.45) is 51.9. The van der Waals surface area contributed by atoms with E-state index in [9.17, 15) is 0 Å². The molecule has 0 saturated heterocycles. The molecular weight excluding hydrogens is 749 g/mol. The first kappa shape index (κ1) is 60.0. The number of hydrogen-bond acceptors (Lipinski definition) is 5. The molecule has 0 amide bonds. The van der Waals surface area contributed by atoms with Gasteiger partial charge >= 0.3 is 0 Å². The topological polar surface area (TPSA) is 43.0 Å². The van der Waals surface area contributed by atoms with Crippen LogP contribution in [0.1, 0.15) is 291 Å². The molecule has 0 aliphatic heterocycles. The van der Waals surface area contributed by atoms with Gasteiger partial charge in [-0.2, -0.15) is 0 Å². The summed E-state index contributed by atoms with van der Waals surface area (Å²) in [7, 11) is 2.09. The second-order valence-electron chi connectivity index (χ2n) is 19.1. The number of allylic oxidation sites excluding steroid dienone is 2. The van der Waals surface area contributed by atoms with E-state index in [1.165, 1.54) is 237 Å². The van der Waals surface area contributed by atoms with Crippen molar-refractivity contribution in [3.05, 3.63) is 24.6 Å². The maximum Gasteiger partial charge on any atom is 0.0982 e. The second kappa shape index (κ2) is 48.4. The van der Waals surface area contributed by atoms with Crippen LogP contribution in [-0.2, 0) is 14.5 Å². The lowest BCUT2D eigenvalue weighted by molar-refractivity contribution is -0.327. The molecule has 0 aromatic rings. The van der Waals surface area contributed by atoms with E-state index in [1.54, 1.807) is 0 Å². The molecule has 0 bridgehead atoms. The smallest absolute Gasteiger partial charge is 0.0982 e. The fourth-order valence-electron chi connectivity index (χ4n) is 8.98. The Bertz CT molecular complexity index is 883. The van der Waals surface area contributed by atoms with Crippen LogP contribution in [0.15, 0.2) is 24.6 Å². The number of rotatable bonds is 52. The Morgan fingerprint density at radius 1 is 0.443 bits per heavy atom. The predicted molar refractivity (Wildman–Crippen MR) is 271 cm³/mol. The van der Waals surface area contributed by atoms with E-state index in [2.05, 4.69) is 58.5 Å². The SMILES string of the molecule is C=C(CCCCCCCCC(CCCCCCCCCOOC(CCCCCC)CCCCCC)N(CCCNC)C(=C)CCCCCCC)OC(CCCC)CCCCC. The molecule has 5 heteroatoms. The molecule has 2 unspecified atom stereocenters. The fraction of sp³-hybridized carbons (Fsp3) is 0.929. The summed E-state index contributed by atoms with van der Waals surface area (Å²) in [5.74, 6) is 1.03. The van der Waals surface area contributed by atoms with Crippen molar-refractivity contribution < 1.29 is 14.5 Å². The van der Waals surface area contributed by atoms with Crippen molar-refractivity contribution in [3.8, 4) is 0 Å². The van der Waals surface area contributed by atoms with Crippen LogP contribution < -0.4 is 5.32 Å². The normalized spacial score (nSPS) is 12.6. The molecule has 364 valence electrons. The average Bonchev–Trinajstić information content (AvgIpc) is 3.26. The van der Waals surface area contributed by atoms with Gasteiger partial charge in [-0.1, -0.05) is 221 Å². The van der Waals surface area contributed by atoms with Crippen LogP contribution in [0.4, 0.5) is 0 Å². The lowest BCUT2D eigenvalue weighted by atomic mass is 9.97. The zero-order valence-electron chi connectivity index (χ0n) is 42.7. The van der Waals surface area contributed by atoms with Crippen LogP contribution in [0.2, 0.25) is 0 Å². The van der Waals surface area contributed by atoms with Crippen LogP contribution in [0, 0.1) is 0 Å². The number of hydrogen-bond donors (Lipinski definition) is 1. The monoisotopic (exact) mass is 861 g/mol. The van der Waals surface area contributed by atoms with Crippen molar-refractivity contribution >= 4 is 0 Å². The first-order valence-electron chi connectivity index (χ1n) is 27.7. The minimum Gasteiger partial charge on any atom is -0.495 e. The highest BCUT2D eigenvalue weighted by atomic mass is 17.2. The lowest BCUT2D eigenvalue weighted by Gasteiger charge is -2.36. The first-order valence-corrected chi connectivity index (χ1v) is 27.7. The Kier molecular flexibility index (Phi) is 47.6. The fourth-order valence-corrected chi connectivity index (χ4v) is 8.98. The van der Waals surface area contributed by atoms with Crippen molar-refractivity contribution in [1.29, 1.82) is 0 Å². The van der Waals surface area contributed by atoms with Crippen molar-refractivity contribution in [2.75, 3.05) is 26.7 Å². The Morgan fingerprint density at radius 2 is 0.852 bits per heavy atom. The molecule has 0 aliphatic rings. The second-order valence-corrected chi connectivity index (χ2v) is 19.1. The summed E-state index contributed by atoms with van der Waals surface area (Å²) in [5.41, 5.74) is 1.41. The number of unbranched alkanes of at least 4 members (excludes halogenated alkanes) is 24. The van der Waals surface area contributed by atoms with Crippen LogP contribution >= 0.6 is 0 Å². The van der Waals surface area contributed by atoms with Gasteiger partial charge in [0, 0.05) is 24.7 Å². The molecule has 1 N–H and O–H groups in total. The molecule has 0 aromatic heterocycles. The average molecular weight is 862 g/mol. The summed E-state index contributed by atoms with van der Waals surface area (Å²) < 4.78 is 6.38. The summed E-state index contributed by atoms with van der Waals surface area (Å²) in [5, 5.41) is 3.41. The highest BCUT2D eigenvalue weighted by molar-refractivity contribution is 4.97. The van der Waals surface area contributed by atoms with Crippen LogP contribution in [-0.4, -0.2) is 49.9 Å². The number of nitrogens with one attached hydrogen (secondary N) is 1. The summed E-state index contributed by atoms with van der Waals surface area (Å²) in [4.78, 5) is 14.5. The number of ether oxygens (including phenoxy) is 1. The van der Waals surface area contributed by atoms with Gasteiger partial charge in [-0.15, -0.1) is 0 Å². The molecular formula is C56H112N2O3. The largest absolute Gasteiger partial charge is 0.495 e. The van der Waals surface area contributed by atoms with Crippen molar-refractivity contribution in [3.63, 3.8) is 0 Å². The Hall–Kier alpha value is -1.04. The van der Waals surface area contributed by atoms with Crippen molar-refractivity contribution in [2.45, 2.75) is 310 Å². The van der Waals surface area contributed by atoms with E-state index >= 15 is 0 Å². The van der Waals surface area contributed by atoms with E-state index in [0.717, 1.165) is 51.1 Å². The van der Waals surface area contributed by atoms with E-state index in [1.807, 2.05) is 0 Å². The van der Waals surface area contributed by atoms with Crippen molar-refractivity contribution in [1.82, 2.24) is 10.2 Å². The van der Waals surface area contributed by atoms with Gasteiger partial charge in [0.25, 0.3) is 0 Å². The van der Waals surface area contributed by atoms with Gasteiger partial charge in [0.1, 0.15) is 0 Å². The van der Waals surface area contributed by atoms with E-state index in [0.29, 0.717) is 12.1 Å². The van der Waals surface area contributed by atoms with Gasteiger partial charge < -0.3 is 15.0 Å². The van der Waals surface area contributed by atoms with E-state index < -0.39 is 0 Å². The Labute approximate surface area is 384 Å². The van der Waals surface area contributed by atoms with Crippen LogP contribution in [0.5, 0.6) is 0 Å². The van der Waals surface area contributed by atoms with E-state index in [4.69, 9.17) is 21.1 Å². The van der Waals surface area contributed by atoms with E-state index in [-0.39, 0.29) is 6.10 Å². The van der Waals surface area contributed by atoms with Gasteiger partial charge in [0.2, 0.25) is 0 Å². The molecule has 0 saturated carbocycles. The Morgan fingerprint density at radius 3 is 1.41 bits per heavy atom. The molecule has 0 spiro atoms. The maximum atomic E-state index is 6.38. The van der Waals surface area contributed by atoms with Crippen molar-refractivity contribution in [2.24, 2.45) is 0 Å². The summed E-state index contributed by atoms with van der Waals surface area (Å²) in [6, 6.07) is 0.637. The molecule has 0 aliphatic carbocycles. The predicted octanol–water partition coefficient (Wildman–Crippen LogP) is 18.3.